The van der Waals surface area contributed by atoms with Gasteiger partial charge in [-0.1, -0.05) is 0 Å². The summed E-state index contributed by atoms with van der Waals surface area (Å²) >= 11 is 0. The molecule has 1 fully saturated rings. The lowest BCUT2D eigenvalue weighted by molar-refractivity contribution is -0.0741. The normalized spacial score (nSPS) is 24.7. The number of likely N-dealkylation sites (N-methyl/N-ethyl adjacent to an activating group) is 1. The molecule has 1 rings (SSSR count). The number of nitrogens with one attached hydrogen (secondary N) is 1. The first kappa shape index (κ1) is 15.1. The molecule has 1 unspecified atom stereocenters. The van der Waals surface area contributed by atoms with Gasteiger partial charge in [-0.05, 0) is 34.2 Å². The van der Waals surface area contributed by atoms with Gasteiger partial charge in [0.05, 0.1) is 6.54 Å². The van der Waals surface area contributed by atoms with Crippen LogP contribution in [0, 0.1) is 0 Å². The summed E-state index contributed by atoms with van der Waals surface area (Å²) in [6, 6.07) is -0.0582. The minimum absolute atomic E-state index is 0.0582. The van der Waals surface area contributed by atoms with E-state index in [2.05, 4.69) is 5.32 Å². The van der Waals surface area contributed by atoms with E-state index < -0.39 is 17.6 Å². The average Bonchev–Trinajstić information content (AvgIpc) is 2.12. The first-order valence-corrected chi connectivity index (χ1v) is 6.14. The molecule has 0 aliphatic carbocycles. The van der Waals surface area contributed by atoms with Gasteiger partial charge >= 0.3 is 6.09 Å². The second kappa shape index (κ2) is 5.38. The Bertz CT molecular complexity index is 303. The van der Waals surface area contributed by atoms with Crippen LogP contribution < -0.4 is 5.32 Å². The summed E-state index contributed by atoms with van der Waals surface area (Å²) in [6.07, 6.45) is -0.259. The van der Waals surface area contributed by atoms with Crippen molar-refractivity contribution >= 4 is 6.09 Å². The Morgan fingerprint density at radius 1 is 1.50 bits per heavy atom. The van der Waals surface area contributed by atoms with E-state index in [0.29, 0.717) is 13.0 Å². The third-order valence-corrected chi connectivity index (χ3v) is 2.83. The van der Waals surface area contributed by atoms with Gasteiger partial charge in [0.2, 0.25) is 0 Å². The summed E-state index contributed by atoms with van der Waals surface area (Å²) in [6.45, 7) is 5.41. The van der Waals surface area contributed by atoms with Crippen molar-refractivity contribution in [3.63, 3.8) is 0 Å². The van der Waals surface area contributed by atoms with Crippen molar-refractivity contribution in [3.05, 3.63) is 0 Å². The largest absolute Gasteiger partial charge is 0.444 e. The van der Waals surface area contributed by atoms with Crippen LogP contribution in [0.25, 0.3) is 0 Å². The molecule has 1 saturated heterocycles. The molecule has 0 radical (unpaired) electrons. The van der Waals surface area contributed by atoms with E-state index in [1.54, 1.807) is 32.7 Å². The van der Waals surface area contributed by atoms with Gasteiger partial charge in [-0.3, -0.25) is 4.90 Å². The van der Waals surface area contributed by atoms with Crippen LogP contribution in [0.4, 0.5) is 13.6 Å². The summed E-state index contributed by atoms with van der Waals surface area (Å²) in [5.74, 6) is -2.61. The number of carbonyl (C=O) groups is 1. The molecule has 0 saturated carbocycles. The van der Waals surface area contributed by atoms with Gasteiger partial charge in [0.15, 0.2) is 0 Å². The van der Waals surface area contributed by atoms with Crippen LogP contribution in [0.5, 0.6) is 0 Å². The Hall–Kier alpha value is -0.910. The van der Waals surface area contributed by atoms with Crippen LogP contribution in [0.1, 0.15) is 33.6 Å². The highest BCUT2D eigenvalue weighted by molar-refractivity contribution is 5.67. The fraction of sp³-hybridized carbons (Fsp3) is 0.917. The molecule has 6 heteroatoms. The predicted molar refractivity (Wildman–Crippen MR) is 64.8 cm³/mol. The Morgan fingerprint density at radius 2 is 2.11 bits per heavy atom. The molecule has 1 heterocycles. The Labute approximate surface area is 107 Å². The molecular weight excluding hydrogens is 242 g/mol. The number of carbonyl (C=O) groups excluding carboxylic acids is 1. The molecule has 0 aromatic carbocycles. The maximum atomic E-state index is 13.1. The predicted octanol–water partition coefficient (Wildman–Crippen LogP) is 2.24. The zero-order chi connectivity index (χ0) is 14.0. The van der Waals surface area contributed by atoms with Crippen molar-refractivity contribution < 1.29 is 18.3 Å². The van der Waals surface area contributed by atoms with Crippen molar-refractivity contribution in [1.29, 1.82) is 0 Å². The lowest BCUT2D eigenvalue weighted by Gasteiger charge is -2.37. The molecule has 0 spiro atoms. The highest BCUT2D eigenvalue weighted by Crippen LogP contribution is 2.28. The first-order valence-electron chi connectivity index (χ1n) is 6.14. The van der Waals surface area contributed by atoms with Crippen molar-refractivity contribution in [3.8, 4) is 0 Å². The number of halogens is 2. The van der Waals surface area contributed by atoms with Crippen LogP contribution in [0.2, 0.25) is 0 Å². The van der Waals surface area contributed by atoms with E-state index in [4.69, 9.17) is 4.74 Å². The fourth-order valence-electron chi connectivity index (χ4n) is 1.94. The van der Waals surface area contributed by atoms with Gasteiger partial charge in [-0.25, -0.2) is 13.6 Å². The smallest absolute Gasteiger partial charge is 0.407 e. The number of likely N-dealkylation sites (tertiary alicyclic amines) is 1. The molecule has 1 N–H and O–H groups in total. The minimum atomic E-state index is -2.61. The molecule has 1 aliphatic heterocycles. The number of hydrogen-bond donors (Lipinski definition) is 1. The van der Waals surface area contributed by atoms with Crippen molar-refractivity contribution in [2.45, 2.75) is 51.2 Å². The molecule has 1 atom stereocenters. The van der Waals surface area contributed by atoms with Crippen molar-refractivity contribution in [2.24, 2.45) is 0 Å². The topological polar surface area (TPSA) is 41.6 Å². The molecule has 18 heavy (non-hydrogen) atoms. The van der Waals surface area contributed by atoms with Gasteiger partial charge in [0.1, 0.15) is 5.60 Å². The highest BCUT2D eigenvalue weighted by Gasteiger charge is 2.38. The monoisotopic (exact) mass is 264 g/mol. The molecule has 1 amide bonds. The van der Waals surface area contributed by atoms with Gasteiger partial charge in [-0.2, -0.15) is 0 Å². The zero-order valence-corrected chi connectivity index (χ0v) is 11.4. The molecular formula is C12H22F2N2O2. The minimum Gasteiger partial charge on any atom is -0.444 e. The van der Waals surface area contributed by atoms with E-state index in [0.717, 1.165) is 0 Å². The number of piperidine rings is 1. The lowest BCUT2D eigenvalue weighted by atomic mass is 10.00. The van der Waals surface area contributed by atoms with Crippen molar-refractivity contribution in [1.82, 2.24) is 10.2 Å². The lowest BCUT2D eigenvalue weighted by Crippen LogP contribution is -2.51. The molecule has 0 bridgehead atoms. The van der Waals surface area contributed by atoms with E-state index >= 15 is 0 Å². The third kappa shape index (κ3) is 5.16. The second-order valence-corrected chi connectivity index (χ2v) is 5.85. The second-order valence-electron chi connectivity index (χ2n) is 5.85. The van der Waals surface area contributed by atoms with Gasteiger partial charge in [-0.15, -0.1) is 0 Å². The Kier molecular flexibility index (Phi) is 4.53. The summed E-state index contributed by atoms with van der Waals surface area (Å²) in [7, 11) is 1.65. The van der Waals surface area contributed by atoms with Crippen LogP contribution >= 0.6 is 0 Å². The van der Waals surface area contributed by atoms with Crippen molar-refractivity contribution in [2.75, 3.05) is 20.1 Å². The standard InChI is InChI=1S/C12H22F2N2O2/c1-11(2,3)18-10(17)15-7-9-5-6-12(13,14)8-16(9)4/h9H,5-8H2,1-4H3,(H,15,17). The first-order chi connectivity index (χ1) is 8.09. The van der Waals surface area contributed by atoms with Gasteiger partial charge < -0.3 is 10.1 Å². The number of alkyl carbamates (subject to hydrolysis) is 1. The Balaban J connectivity index is 2.34. The Morgan fingerprint density at radius 3 is 2.61 bits per heavy atom. The summed E-state index contributed by atoms with van der Waals surface area (Å²) in [4.78, 5) is 13.0. The summed E-state index contributed by atoms with van der Waals surface area (Å²) in [5, 5.41) is 2.62. The number of ether oxygens (including phenoxy) is 1. The van der Waals surface area contributed by atoms with Crippen LogP contribution in [0.3, 0.4) is 0 Å². The molecule has 0 aromatic rings. The molecule has 0 aromatic heterocycles. The molecule has 1 aliphatic rings. The molecule has 4 nitrogen and oxygen atoms in total. The van der Waals surface area contributed by atoms with Crippen LogP contribution in [-0.2, 0) is 4.74 Å². The number of rotatable bonds is 2. The quantitative estimate of drug-likeness (QED) is 0.831. The van der Waals surface area contributed by atoms with Gasteiger partial charge in [0.25, 0.3) is 5.92 Å². The van der Waals surface area contributed by atoms with Crippen LogP contribution in [-0.4, -0.2) is 48.7 Å². The number of hydrogen-bond acceptors (Lipinski definition) is 3. The number of nitrogens with zero attached hydrogens (tertiary/aromatic N) is 1. The van der Waals surface area contributed by atoms with E-state index in [9.17, 15) is 13.6 Å². The molecule has 106 valence electrons. The fourth-order valence-corrected chi connectivity index (χ4v) is 1.94. The van der Waals surface area contributed by atoms with E-state index in [1.807, 2.05) is 0 Å². The average molecular weight is 264 g/mol. The zero-order valence-electron chi connectivity index (χ0n) is 11.4. The van der Waals surface area contributed by atoms with E-state index in [-0.39, 0.29) is 19.0 Å². The van der Waals surface area contributed by atoms with Gasteiger partial charge in [0, 0.05) is 19.0 Å². The SMILES string of the molecule is CN1CC(F)(F)CCC1CNC(=O)OC(C)(C)C. The van der Waals surface area contributed by atoms with Crippen LogP contribution in [0.15, 0.2) is 0 Å². The van der Waals surface area contributed by atoms with E-state index in [1.165, 1.54) is 0 Å². The number of alkyl halides is 2. The number of amides is 1. The highest BCUT2D eigenvalue weighted by atomic mass is 19.3. The maximum absolute atomic E-state index is 13.1. The maximum Gasteiger partial charge on any atom is 0.407 e. The summed E-state index contributed by atoms with van der Waals surface area (Å²) in [5.41, 5.74) is -0.546. The third-order valence-electron chi connectivity index (χ3n) is 2.83. The summed E-state index contributed by atoms with van der Waals surface area (Å²) < 4.78 is 31.3.